The monoisotopic (exact) mass is 363 g/mol. The fourth-order valence-corrected chi connectivity index (χ4v) is 2.88. The molecule has 2 rings (SSSR count). The number of hydrogen-bond donors (Lipinski definition) is 0. The fraction of sp³-hybridized carbons (Fsp3) is 0.235. The SMILES string of the molecule is COC(=O)c1cc(COS(=O)(=O)c2ccc(C)cc2)cc(C(C)=O)n1. The quantitative estimate of drug-likeness (QED) is 0.441. The van der Waals surface area contributed by atoms with Crippen LogP contribution in [0, 0.1) is 6.92 Å². The fourth-order valence-electron chi connectivity index (χ4n) is 1.98. The van der Waals surface area contributed by atoms with E-state index in [9.17, 15) is 18.0 Å². The molecule has 25 heavy (non-hydrogen) atoms. The van der Waals surface area contributed by atoms with E-state index in [0.717, 1.165) is 5.56 Å². The van der Waals surface area contributed by atoms with Gasteiger partial charge in [-0.1, -0.05) is 17.7 Å². The van der Waals surface area contributed by atoms with E-state index in [1.54, 1.807) is 12.1 Å². The van der Waals surface area contributed by atoms with E-state index >= 15 is 0 Å². The third-order valence-electron chi connectivity index (χ3n) is 3.33. The molecule has 0 saturated heterocycles. The van der Waals surface area contributed by atoms with Crippen molar-refractivity contribution in [3.63, 3.8) is 0 Å². The molecule has 0 unspecified atom stereocenters. The number of aromatic nitrogens is 1. The maximum Gasteiger partial charge on any atom is 0.356 e. The summed E-state index contributed by atoms with van der Waals surface area (Å²) in [6.07, 6.45) is 0. The number of carbonyl (C=O) groups is 2. The van der Waals surface area contributed by atoms with Gasteiger partial charge in [-0.2, -0.15) is 8.42 Å². The highest BCUT2D eigenvalue weighted by molar-refractivity contribution is 7.86. The lowest BCUT2D eigenvalue weighted by Crippen LogP contribution is -2.11. The van der Waals surface area contributed by atoms with Crippen molar-refractivity contribution in [3.8, 4) is 0 Å². The first kappa shape index (κ1) is 18.8. The molecule has 0 aliphatic heterocycles. The van der Waals surface area contributed by atoms with Crippen molar-refractivity contribution in [2.75, 3.05) is 7.11 Å². The number of hydrogen-bond acceptors (Lipinski definition) is 7. The lowest BCUT2D eigenvalue weighted by Gasteiger charge is -2.08. The number of methoxy groups -OCH3 is 1. The van der Waals surface area contributed by atoms with E-state index in [0.29, 0.717) is 5.56 Å². The zero-order valence-electron chi connectivity index (χ0n) is 14.0. The number of ketones is 1. The van der Waals surface area contributed by atoms with Crippen molar-refractivity contribution < 1.29 is 26.9 Å². The van der Waals surface area contributed by atoms with Gasteiger partial charge in [0.15, 0.2) is 5.78 Å². The third kappa shape index (κ3) is 4.71. The second-order valence-electron chi connectivity index (χ2n) is 5.32. The molecule has 0 saturated carbocycles. The minimum atomic E-state index is -3.97. The van der Waals surface area contributed by atoms with Crippen molar-refractivity contribution in [2.45, 2.75) is 25.3 Å². The normalized spacial score (nSPS) is 11.2. The smallest absolute Gasteiger partial charge is 0.356 e. The van der Waals surface area contributed by atoms with E-state index in [4.69, 9.17) is 4.18 Å². The van der Waals surface area contributed by atoms with Crippen LogP contribution in [0.25, 0.3) is 0 Å². The first-order valence-corrected chi connectivity index (χ1v) is 8.70. The van der Waals surface area contributed by atoms with Crippen molar-refractivity contribution in [1.29, 1.82) is 0 Å². The third-order valence-corrected chi connectivity index (χ3v) is 4.61. The molecule has 0 aliphatic rings. The molecule has 8 heteroatoms. The van der Waals surface area contributed by atoms with Crippen LogP contribution >= 0.6 is 0 Å². The molecule has 2 aromatic rings. The van der Waals surface area contributed by atoms with Crippen LogP contribution in [0.3, 0.4) is 0 Å². The highest BCUT2D eigenvalue weighted by Gasteiger charge is 2.17. The van der Waals surface area contributed by atoms with E-state index in [1.807, 2.05) is 6.92 Å². The zero-order chi connectivity index (χ0) is 18.6. The van der Waals surface area contributed by atoms with E-state index < -0.39 is 16.1 Å². The van der Waals surface area contributed by atoms with E-state index in [2.05, 4.69) is 9.72 Å². The second kappa shape index (κ2) is 7.54. The first-order chi connectivity index (χ1) is 11.7. The van der Waals surface area contributed by atoms with Crippen LogP contribution in [0.15, 0.2) is 41.3 Å². The van der Waals surface area contributed by atoms with Gasteiger partial charge < -0.3 is 4.74 Å². The van der Waals surface area contributed by atoms with Gasteiger partial charge in [0, 0.05) is 6.92 Å². The summed E-state index contributed by atoms with van der Waals surface area (Å²) in [6, 6.07) is 8.90. The van der Waals surface area contributed by atoms with Gasteiger partial charge in [0.2, 0.25) is 0 Å². The molecule has 0 atom stereocenters. The molecule has 132 valence electrons. The predicted octanol–water partition coefficient (Wildman–Crippen LogP) is 2.28. The van der Waals surface area contributed by atoms with Gasteiger partial charge >= 0.3 is 5.97 Å². The maximum atomic E-state index is 12.2. The Hall–Kier alpha value is -2.58. The number of esters is 1. The van der Waals surface area contributed by atoms with Crippen molar-refractivity contribution in [1.82, 2.24) is 4.98 Å². The van der Waals surface area contributed by atoms with Gasteiger partial charge in [0.1, 0.15) is 11.4 Å². The van der Waals surface area contributed by atoms with Crippen LogP contribution < -0.4 is 0 Å². The summed E-state index contributed by atoms with van der Waals surface area (Å²) in [7, 11) is -2.79. The van der Waals surface area contributed by atoms with Gasteiger partial charge in [0.25, 0.3) is 10.1 Å². The average molecular weight is 363 g/mol. The number of aryl methyl sites for hydroxylation is 1. The molecule has 0 amide bonds. The van der Waals surface area contributed by atoms with Gasteiger partial charge in [-0.25, -0.2) is 9.78 Å². The van der Waals surface area contributed by atoms with Crippen LogP contribution in [0.1, 0.15) is 39.0 Å². The first-order valence-electron chi connectivity index (χ1n) is 7.29. The molecule has 1 aromatic heterocycles. The zero-order valence-corrected chi connectivity index (χ0v) is 14.8. The second-order valence-corrected chi connectivity index (χ2v) is 6.94. The van der Waals surface area contributed by atoms with Crippen LogP contribution in [-0.4, -0.2) is 32.3 Å². The molecule has 0 N–H and O–H groups in total. The largest absolute Gasteiger partial charge is 0.464 e. The highest BCUT2D eigenvalue weighted by Crippen LogP contribution is 2.16. The highest BCUT2D eigenvalue weighted by atomic mass is 32.2. The molecule has 1 aromatic carbocycles. The summed E-state index contributed by atoms with van der Waals surface area (Å²) in [5.41, 5.74) is 1.16. The van der Waals surface area contributed by atoms with Gasteiger partial charge in [-0.15, -0.1) is 0 Å². The van der Waals surface area contributed by atoms with Gasteiger partial charge in [-0.3, -0.25) is 8.98 Å². The maximum absolute atomic E-state index is 12.2. The number of benzene rings is 1. The molecule has 0 fully saturated rings. The topological polar surface area (TPSA) is 99.6 Å². The molecule has 0 spiro atoms. The van der Waals surface area contributed by atoms with E-state index in [-0.39, 0.29) is 28.7 Å². The Balaban J connectivity index is 2.27. The summed E-state index contributed by atoms with van der Waals surface area (Å²) in [5, 5.41) is 0. The Labute approximate surface area is 145 Å². The lowest BCUT2D eigenvalue weighted by atomic mass is 10.1. The minimum Gasteiger partial charge on any atom is -0.464 e. The van der Waals surface area contributed by atoms with Gasteiger partial charge in [-0.05, 0) is 36.8 Å². The number of pyridine rings is 1. The molecular formula is C17H17NO6S. The molecular weight excluding hydrogens is 346 g/mol. The Morgan fingerprint density at radius 2 is 1.68 bits per heavy atom. The Bertz CT molecular complexity index is 903. The number of ether oxygens (including phenoxy) is 1. The Morgan fingerprint density at radius 1 is 1.08 bits per heavy atom. The summed E-state index contributed by atoms with van der Waals surface area (Å²) in [6.45, 7) is 2.78. The minimum absolute atomic E-state index is 0.0205. The number of rotatable bonds is 6. The summed E-state index contributed by atoms with van der Waals surface area (Å²) < 4.78 is 34.0. The van der Waals surface area contributed by atoms with Gasteiger partial charge in [0.05, 0.1) is 18.6 Å². The molecule has 1 heterocycles. The lowest BCUT2D eigenvalue weighted by molar-refractivity contribution is 0.0593. The number of nitrogens with zero attached hydrogens (tertiary/aromatic N) is 1. The van der Waals surface area contributed by atoms with Crippen LogP contribution in [0.5, 0.6) is 0 Å². The molecule has 7 nitrogen and oxygen atoms in total. The van der Waals surface area contributed by atoms with Crippen LogP contribution in [-0.2, 0) is 25.6 Å². The van der Waals surface area contributed by atoms with Crippen molar-refractivity contribution >= 4 is 21.9 Å². The van der Waals surface area contributed by atoms with E-state index in [1.165, 1.54) is 38.3 Å². The van der Waals surface area contributed by atoms with Crippen LogP contribution in [0.2, 0.25) is 0 Å². The molecule has 0 aliphatic carbocycles. The molecule has 0 bridgehead atoms. The molecule has 0 radical (unpaired) electrons. The average Bonchev–Trinajstić information content (AvgIpc) is 2.59. The number of Topliss-reactive ketones (excluding diaryl/α,β-unsaturated/α-hetero) is 1. The predicted molar refractivity (Wildman–Crippen MR) is 88.7 cm³/mol. The summed E-state index contributed by atoms with van der Waals surface area (Å²) in [4.78, 5) is 27.1. The summed E-state index contributed by atoms with van der Waals surface area (Å²) >= 11 is 0. The summed E-state index contributed by atoms with van der Waals surface area (Å²) in [5.74, 6) is -1.10. The van der Waals surface area contributed by atoms with Crippen LogP contribution in [0.4, 0.5) is 0 Å². The Kier molecular flexibility index (Phi) is 5.66. The number of carbonyl (C=O) groups excluding carboxylic acids is 2. The van der Waals surface area contributed by atoms with Crippen molar-refractivity contribution in [3.05, 3.63) is 58.9 Å². The standard InChI is InChI=1S/C17H17NO6S/c1-11-4-6-14(7-5-11)25(21,22)24-10-13-8-15(12(2)19)18-16(9-13)17(20)23-3/h4-9H,10H2,1-3H3. The Morgan fingerprint density at radius 3 is 2.24 bits per heavy atom. The van der Waals surface area contributed by atoms with Crippen molar-refractivity contribution in [2.24, 2.45) is 0 Å².